The predicted octanol–water partition coefficient (Wildman–Crippen LogP) is 5.22. The summed E-state index contributed by atoms with van der Waals surface area (Å²) < 4.78 is 0. The van der Waals surface area contributed by atoms with Gasteiger partial charge in [-0.05, 0) is 66.8 Å². The summed E-state index contributed by atoms with van der Waals surface area (Å²) >= 11 is 0. The third kappa shape index (κ3) is 6.42. The molecule has 3 rings (SSSR count). The molecule has 2 heterocycles. The fourth-order valence-electron chi connectivity index (χ4n) is 4.10. The number of hydrogen-bond donors (Lipinski definition) is 3. The molecule has 37 heavy (non-hydrogen) atoms. The zero-order valence-electron chi connectivity index (χ0n) is 22.5. The fraction of sp³-hybridized carbons (Fsp3) is 0.333. The Morgan fingerprint density at radius 3 is 2.38 bits per heavy atom. The molecule has 7 heteroatoms. The minimum Gasteiger partial charge on any atom is -0.348 e. The van der Waals surface area contributed by atoms with Gasteiger partial charge in [0, 0.05) is 51.9 Å². The van der Waals surface area contributed by atoms with Gasteiger partial charge in [-0.15, -0.1) is 0 Å². The molecule has 194 valence electrons. The number of pyridine rings is 2. The van der Waals surface area contributed by atoms with Gasteiger partial charge in [0.25, 0.3) is 11.5 Å². The smallest absolute Gasteiger partial charge is 0.253 e. The molecule has 0 radical (unpaired) electrons. The third-order valence-corrected chi connectivity index (χ3v) is 6.43. The van der Waals surface area contributed by atoms with Crippen molar-refractivity contribution in [2.75, 3.05) is 5.32 Å². The van der Waals surface area contributed by atoms with Crippen LogP contribution in [0.4, 0.5) is 5.69 Å². The summed E-state index contributed by atoms with van der Waals surface area (Å²) in [7, 11) is 0. The van der Waals surface area contributed by atoms with Crippen LogP contribution in [0.1, 0.15) is 73.1 Å². The van der Waals surface area contributed by atoms with Crippen molar-refractivity contribution in [2.24, 2.45) is 0 Å². The van der Waals surface area contributed by atoms with Gasteiger partial charge in [-0.25, -0.2) is 0 Å². The number of amides is 2. The van der Waals surface area contributed by atoms with E-state index < -0.39 is 0 Å². The molecule has 0 fully saturated rings. The maximum absolute atomic E-state index is 13.4. The SMILES string of the molecule is C=CC(=O)Nc1cc(-c2ccc(C(C)(C)C)nc2)cc(C(=O)NCc2c(CC)cc(CC)[nH]c2=O)c1C. The standard InChI is InChI=1S/C30H36N4O3/c1-8-19-13-22(9-2)33-29(37)24(19)17-32-28(36)23-14-21(15-25(18(23)4)34-27(35)10-3)20-11-12-26(31-16-20)30(5,6)7/h10-16H,3,8-9,17H2,1-2,4-7H3,(H,32,36)(H,33,37)(H,34,35). The van der Waals surface area contributed by atoms with Crippen molar-refractivity contribution >= 4 is 17.5 Å². The summed E-state index contributed by atoms with van der Waals surface area (Å²) in [5.41, 5.74) is 6.07. The number of rotatable bonds is 8. The number of aromatic amines is 1. The van der Waals surface area contributed by atoms with Crippen LogP contribution in [-0.4, -0.2) is 21.8 Å². The van der Waals surface area contributed by atoms with Gasteiger partial charge >= 0.3 is 0 Å². The molecule has 0 aliphatic heterocycles. The Morgan fingerprint density at radius 1 is 1.08 bits per heavy atom. The number of aryl methyl sites for hydroxylation is 2. The van der Waals surface area contributed by atoms with Gasteiger partial charge in [-0.3, -0.25) is 19.4 Å². The van der Waals surface area contributed by atoms with Crippen molar-refractivity contribution in [1.29, 1.82) is 0 Å². The van der Waals surface area contributed by atoms with Crippen molar-refractivity contribution in [2.45, 2.75) is 66.3 Å². The first-order valence-corrected chi connectivity index (χ1v) is 12.6. The minimum absolute atomic E-state index is 0.0928. The molecule has 0 bridgehead atoms. The summed E-state index contributed by atoms with van der Waals surface area (Å²) in [6, 6.07) is 9.51. The molecule has 0 atom stereocenters. The van der Waals surface area contributed by atoms with Gasteiger partial charge in [0.05, 0.1) is 0 Å². The Morgan fingerprint density at radius 2 is 1.81 bits per heavy atom. The van der Waals surface area contributed by atoms with Gasteiger partial charge < -0.3 is 15.6 Å². The molecule has 7 nitrogen and oxygen atoms in total. The quantitative estimate of drug-likeness (QED) is 0.369. The van der Waals surface area contributed by atoms with Crippen molar-refractivity contribution < 1.29 is 9.59 Å². The number of carbonyl (C=O) groups is 2. The van der Waals surface area contributed by atoms with E-state index in [9.17, 15) is 14.4 Å². The van der Waals surface area contributed by atoms with Crippen LogP contribution < -0.4 is 16.2 Å². The maximum Gasteiger partial charge on any atom is 0.253 e. The molecule has 0 aliphatic rings. The van der Waals surface area contributed by atoms with Gasteiger partial charge in [-0.1, -0.05) is 47.3 Å². The molecule has 0 unspecified atom stereocenters. The van der Waals surface area contributed by atoms with Gasteiger partial charge in [0.15, 0.2) is 0 Å². The fourth-order valence-corrected chi connectivity index (χ4v) is 4.10. The summed E-state index contributed by atoms with van der Waals surface area (Å²) in [6.45, 7) is 15.7. The number of aromatic nitrogens is 2. The van der Waals surface area contributed by atoms with E-state index in [-0.39, 0.29) is 29.3 Å². The Hall–Kier alpha value is -4.00. The summed E-state index contributed by atoms with van der Waals surface area (Å²) in [6.07, 6.45) is 4.37. The molecule has 3 N–H and O–H groups in total. The highest BCUT2D eigenvalue weighted by Crippen LogP contribution is 2.30. The highest BCUT2D eigenvalue weighted by molar-refractivity contribution is 6.03. The Kier molecular flexibility index (Phi) is 8.48. The first kappa shape index (κ1) is 27.6. The molecule has 0 aliphatic carbocycles. The number of nitrogens with one attached hydrogen (secondary N) is 3. The molecule has 1 aromatic carbocycles. The lowest BCUT2D eigenvalue weighted by Gasteiger charge is -2.18. The second-order valence-electron chi connectivity index (χ2n) is 10.1. The van der Waals surface area contributed by atoms with Crippen molar-refractivity contribution in [3.8, 4) is 11.1 Å². The second kappa shape index (κ2) is 11.4. The molecular formula is C30H36N4O3. The number of carbonyl (C=O) groups excluding carboxylic acids is 2. The zero-order valence-corrected chi connectivity index (χ0v) is 22.5. The van der Waals surface area contributed by atoms with E-state index in [1.165, 1.54) is 6.08 Å². The van der Waals surface area contributed by atoms with Crippen LogP contribution in [0.15, 0.2) is 54.0 Å². The maximum atomic E-state index is 13.4. The molecule has 0 saturated heterocycles. The number of anilines is 1. The summed E-state index contributed by atoms with van der Waals surface area (Å²) in [5.74, 6) is -0.711. The van der Waals surface area contributed by atoms with Crippen molar-refractivity contribution in [3.63, 3.8) is 0 Å². The van der Waals surface area contributed by atoms with Crippen LogP contribution in [-0.2, 0) is 29.6 Å². The normalized spacial score (nSPS) is 11.2. The van der Waals surface area contributed by atoms with Crippen LogP contribution in [0, 0.1) is 6.92 Å². The number of H-pyrrole nitrogens is 1. The van der Waals surface area contributed by atoms with Crippen LogP contribution in [0.3, 0.4) is 0 Å². The average Bonchev–Trinajstić information content (AvgIpc) is 2.87. The molecular weight excluding hydrogens is 464 g/mol. The van der Waals surface area contributed by atoms with Crippen LogP contribution >= 0.6 is 0 Å². The van der Waals surface area contributed by atoms with E-state index in [4.69, 9.17) is 0 Å². The summed E-state index contributed by atoms with van der Waals surface area (Å²) in [4.78, 5) is 45.6. The molecule has 0 saturated carbocycles. The molecule has 3 aromatic rings. The third-order valence-electron chi connectivity index (χ3n) is 6.43. The van der Waals surface area contributed by atoms with E-state index in [1.807, 2.05) is 38.1 Å². The number of hydrogen-bond acceptors (Lipinski definition) is 4. The monoisotopic (exact) mass is 500 g/mol. The topological polar surface area (TPSA) is 104 Å². The van der Waals surface area contributed by atoms with E-state index in [1.54, 1.807) is 19.2 Å². The Balaban J connectivity index is 2.00. The summed E-state index contributed by atoms with van der Waals surface area (Å²) in [5, 5.41) is 5.71. The van der Waals surface area contributed by atoms with Crippen LogP contribution in [0.5, 0.6) is 0 Å². The van der Waals surface area contributed by atoms with Crippen molar-refractivity contribution in [1.82, 2.24) is 15.3 Å². The van der Waals surface area contributed by atoms with Crippen molar-refractivity contribution in [3.05, 3.63) is 93.2 Å². The van der Waals surface area contributed by atoms with E-state index in [0.717, 1.165) is 34.5 Å². The largest absolute Gasteiger partial charge is 0.348 e. The molecule has 0 spiro atoms. The van der Waals surface area contributed by atoms with Gasteiger partial charge in [0.2, 0.25) is 5.91 Å². The van der Waals surface area contributed by atoms with Gasteiger partial charge in [-0.2, -0.15) is 0 Å². The molecule has 2 amide bonds. The van der Waals surface area contributed by atoms with E-state index in [0.29, 0.717) is 28.8 Å². The Labute approximate surface area is 218 Å². The molecule has 2 aromatic heterocycles. The lowest BCUT2D eigenvalue weighted by molar-refractivity contribution is -0.111. The van der Waals surface area contributed by atoms with Crippen LogP contribution in [0.2, 0.25) is 0 Å². The van der Waals surface area contributed by atoms with Gasteiger partial charge in [0.1, 0.15) is 0 Å². The van der Waals surface area contributed by atoms with E-state index in [2.05, 4.69) is 48.0 Å². The van der Waals surface area contributed by atoms with E-state index >= 15 is 0 Å². The minimum atomic E-state index is -0.372. The second-order valence-corrected chi connectivity index (χ2v) is 10.1. The highest BCUT2D eigenvalue weighted by Gasteiger charge is 2.19. The highest BCUT2D eigenvalue weighted by atomic mass is 16.2. The number of benzene rings is 1. The zero-order chi connectivity index (χ0) is 27.3. The Bertz CT molecular complexity index is 1380. The first-order valence-electron chi connectivity index (χ1n) is 12.6. The number of nitrogens with zero attached hydrogens (tertiary/aromatic N) is 1. The lowest BCUT2D eigenvalue weighted by Crippen LogP contribution is -2.29. The van der Waals surface area contributed by atoms with Crippen LogP contribution in [0.25, 0.3) is 11.1 Å². The predicted molar refractivity (Wildman–Crippen MR) is 149 cm³/mol. The lowest BCUT2D eigenvalue weighted by atomic mass is 9.91. The first-order chi connectivity index (χ1) is 17.5. The average molecular weight is 501 g/mol.